The van der Waals surface area contributed by atoms with Crippen molar-refractivity contribution in [3.8, 4) is 5.69 Å². The van der Waals surface area contributed by atoms with E-state index < -0.39 is 17.3 Å². The lowest BCUT2D eigenvalue weighted by Crippen LogP contribution is -2.22. The average molecular weight is 240 g/mol. The van der Waals surface area contributed by atoms with Crippen molar-refractivity contribution in [3.63, 3.8) is 0 Å². The van der Waals surface area contributed by atoms with E-state index in [0.717, 1.165) is 16.8 Å². The van der Waals surface area contributed by atoms with Gasteiger partial charge in [0.2, 0.25) is 0 Å². The molecule has 0 bridgehead atoms. The summed E-state index contributed by atoms with van der Waals surface area (Å²) in [5, 5.41) is 3.63. The quantitative estimate of drug-likeness (QED) is 0.766. The molecule has 0 atom stereocenters. The summed E-state index contributed by atoms with van der Waals surface area (Å²) in [6, 6.07) is 7.33. The molecule has 1 heterocycles. The van der Waals surface area contributed by atoms with Crippen LogP contribution in [0.1, 0.15) is 5.56 Å². The molecule has 6 heteroatoms. The zero-order valence-corrected chi connectivity index (χ0v) is 8.48. The Morgan fingerprint density at radius 1 is 1.06 bits per heavy atom. The first-order valence-electron chi connectivity index (χ1n) is 4.71. The van der Waals surface area contributed by atoms with Crippen LogP contribution in [0.25, 0.3) is 5.69 Å². The normalized spacial score (nSPS) is 11.5. The minimum Gasteiger partial charge on any atom is -0.267 e. The Morgan fingerprint density at radius 3 is 2.41 bits per heavy atom. The van der Waals surface area contributed by atoms with E-state index in [1.54, 1.807) is 0 Å². The SMILES string of the molecule is O=c1cccnn1-c1ccccc1C(F)(F)F. The van der Waals surface area contributed by atoms with E-state index in [0.29, 0.717) is 0 Å². The minimum absolute atomic E-state index is 0.273. The second-order valence-electron chi connectivity index (χ2n) is 3.29. The fourth-order valence-electron chi connectivity index (χ4n) is 1.44. The summed E-state index contributed by atoms with van der Waals surface area (Å²) >= 11 is 0. The lowest BCUT2D eigenvalue weighted by molar-refractivity contribution is -0.137. The zero-order valence-electron chi connectivity index (χ0n) is 8.48. The minimum atomic E-state index is -4.52. The van der Waals surface area contributed by atoms with Gasteiger partial charge in [-0.1, -0.05) is 12.1 Å². The lowest BCUT2D eigenvalue weighted by atomic mass is 10.1. The first-order valence-corrected chi connectivity index (χ1v) is 4.71. The number of rotatable bonds is 1. The predicted molar refractivity (Wildman–Crippen MR) is 54.8 cm³/mol. The van der Waals surface area contributed by atoms with Crippen LogP contribution in [-0.2, 0) is 6.18 Å². The van der Waals surface area contributed by atoms with Crippen molar-refractivity contribution < 1.29 is 13.2 Å². The van der Waals surface area contributed by atoms with Crippen LogP contribution in [0.4, 0.5) is 13.2 Å². The number of hydrogen-bond donors (Lipinski definition) is 0. The average Bonchev–Trinajstić information content (AvgIpc) is 2.28. The Bertz CT molecular complexity index is 590. The van der Waals surface area contributed by atoms with Crippen LogP contribution in [0.3, 0.4) is 0 Å². The van der Waals surface area contributed by atoms with Crippen LogP contribution in [0.5, 0.6) is 0 Å². The summed E-state index contributed by atoms with van der Waals surface area (Å²) in [6.45, 7) is 0. The smallest absolute Gasteiger partial charge is 0.267 e. The highest BCUT2D eigenvalue weighted by atomic mass is 19.4. The van der Waals surface area contributed by atoms with Gasteiger partial charge in [-0.25, -0.2) is 0 Å². The molecule has 0 fully saturated rings. The van der Waals surface area contributed by atoms with Gasteiger partial charge in [0.25, 0.3) is 5.56 Å². The van der Waals surface area contributed by atoms with Gasteiger partial charge in [-0.3, -0.25) is 4.79 Å². The number of para-hydroxylation sites is 1. The number of nitrogens with zero attached hydrogens (tertiary/aromatic N) is 2. The molecule has 17 heavy (non-hydrogen) atoms. The molecule has 0 aliphatic heterocycles. The first-order chi connectivity index (χ1) is 8.00. The van der Waals surface area contributed by atoms with Crippen LogP contribution in [-0.4, -0.2) is 9.78 Å². The van der Waals surface area contributed by atoms with E-state index in [4.69, 9.17) is 0 Å². The highest BCUT2D eigenvalue weighted by Gasteiger charge is 2.34. The van der Waals surface area contributed by atoms with Crippen LogP contribution in [0, 0.1) is 0 Å². The topological polar surface area (TPSA) is 34.9 Å². The molecule has 0 aliphatic carbocycles. The molecule has 0 unspecified atom stereocenters. The summed E-state index contributed by atoms with van der Waals surface area (Å²) in [4.78, 5) is 11.4. The molecule has 1 aromatic heterocycles. The molecule has 88 valence electrons. The molecule has 0 saturated heterocycles. The number of benzene rings is 1. The van der Waals surface area contributed by atoms with E-state index in [2.05, 4.69) is 5.10 Å². The van der Waals surface area contributed by atoms with Gasteiger partial charge in [0.05, 0.1) is 11.3 Å². The van der Waals surface area contributed by atoms with E-state index in [-0.39, 0.29) is 5.69 Å². The molecule has 1 aromatic carbocycles. The van der Waals surface area contributed by atoms with Gasteiger partial charge in [0.1, 0.15) is 0 Å². The molecule has 2 aromatic rings. The summed E-state index contributed by atoms with van der Waals surface area (Å²) in [5.74, 6) is 0. The van der Waals surface area contributed by atoms with Crippen molar-refractivity contribution in [2.75, 3.05) is 0 Å². The molecule has 2 rings (SSSR count). The number of hydrogen-bond acceptors (Lipinski definition) is 2. The van der Waals surface area contributed by atoms with E-state index in [1.807, 2.05) is 0 Å². The fraction of sp³-hybridized carbons (Fsp3) is 0.0909. The molecule has 3 nitrogen and oxygen atoms in total. The maximum absolute atomic E-state index is 12.7. The van der Waals surface area contributed by atoms with Crippen LogP contribution in [0.15, 0.2) is 47.4 Å². The second kappa shape index (κ2) is 4.04. The van der Waals surface area contributed by atoms with Crippen LogP contribution >= 0.6 is 0 Å². The van der Waals surface area contributed by atoms with Gasteiger partial charge >= 0.3 is 6.18 Å². The van der Waals surface area contributed by atoms with Gasteiger partial charge in [-0.15, -0.1) is 0 Å². The predicted octanol–water partition coefficient (Wildman–Crippen LogP) is 2.25. The molecular weight excluding hydrogens is 233 g/mol. The Hall–Kier alpha value is -2.11. The van der Waals surface area contributed by atoms with E-state index >= 15 is 0 Å². The van der Waals surface area contributed by atoms with E-state index in [9.17, 15) is 18.0 Å². The molecule has 0 spiro atoms. The summed E-state index contributed by atoms with van der Waals surface area (Å²) in [5.41, 5.74) is -1.77. The Morgan fingerprint density at radius 2 is 1.76 bits per heavy atom. The number of alkyl halides is 3. The summed E-state index contributed by atoms with van der Waals surface area (Å²) < 4.78 is 38.9. The highest BCUT2D eigenvalue weighted by molar-refractivity contribution is 5.41. The van der Waals surface area contributed by atoms with Crippen LogP contribution < -0.4 is 5.56 Å². The highest BCUT2D eigenvalue weighted by Crippen LogP contribution is 2.32. The molecular formula is C11H7F3N2O. The van der Waals surface area contributed by atoms with Gasteiger partial charge in [0.15, 0.2) is 0 Å². The molecule has 0 N–H and O–H groups in total. The third-order valence-electron chi connectivity index (χ3n) is 2.15. The van der Waals surface area contributed by atoms with Crippen molar-refractivity contribution in [1.29, 1.82) is 0 Å². The fourth-order valence-corrected chi connectivity index (χ4v) is 1.44. The van der Waals surface area contributed by atoms with Crippen molar-refractivity contribution in [2.24, 2.45) is 0 Å². The van der Waals surface area contributed by atoms with E-state index in [1.165, 1.54) is 30.5 Å². The number of halogens is 3. The summed E-state index contributed by atoms with van der Waals surface area (Å²) in [6.07, 6.45) is -3.26. The van der Waals surface area contributed by atoms with Crippen molar-refractivity contribution in [3.05, 3.63) is 58.5 Å². The van der Waals surface area contributed by atoms with Crippen molar-refractivity contribution in [2.45, 2.75) is 6.18 Å². The monoisotopic (exact) mass is 240 g/mol. The van der Waals surface area contributed by atoms with Gasteiger partial charge in [-0.05, 0) is 18.2 Å². The molecule has 0 radical (unpaired) electrons. The van der Waals surface area contributed by atoms with Crippen LogP contribution in [0.2, 0.25) is 0 Å². The number of aromatic nitrogens is 2. The Kier molecular flexibility index (Phi) is 2.71. The largest absolute Gasteiger partial charge is 0.418 e. The van der Waals surface area contributed by atoms with Gasteiger partial charge < -0.3 is 0 Å². The molecule has 0 saturated carbocycles. The zero-order chi connectivity index (χ0) is 12.5. The maximum Gasteiger partial charge on any atom is 0.418 e. The standard InChI is InChI=1S/C11H7F3N2O/c12-11(13,14)8-4-1-2-5-9(8)16-10(17)6-3-7-15-16/h1-7H. The maximum atomic E-state index is 12.7. The second-order valence-corrected chi connectivity index (χ2v) is 3.29. The summed E-state index contributed by atoms with van der Waals surface area (Å²) in [7, 11) is 0. The Labute approximate surface area is 94.1 Å². The Balaban J connectivity index is 2.69. The third kappa shape index (κ3) is 2.20. The van der Waals surface area contributed by atoms with Crippen molar-refractivity contribution in [1.82, 2.24) is 9.78 Å². The molecule has 0 amide bonds. The lowest BCUT2D eigenvalue weighted by Gasteiger charge is -2.12. The van der Waals surface area contributed by atoms with Gasteiger partial charge in [0, 0.05) is 12.3 Å². The third-order valence-corrected chi connectivity index (χ3v) is 2.15. The van der Waals surface area contributed by atoms with Gasteiger partial charge in [-0.2, -0.15) is 23.0 Å². The first kappa shape index (κ1) is 11.4. The molecule has 0 aliphatic rings. The van der Waals surface area contributed by atoms with Crippen molar-refractivity contribution >= 4 is 0 Å².